The Morgan fingerprint density at radius 3 is 2.58 bits per heavy atom. The monoisotopic (exact) mass is 388 g/mol. The molecular formula is C19H21ClN4OS. The number of rotatable bonds is 3. The summed E-state index contributed by atoms with van der Waals surface area (Å²) in [6.45, 7) is 3.97. The molecule has 2 aromatic heterocycles. The van der Waals surface area contributed by atoms with Crippen LogP contribution >= 0.6 is 22.9 Å². The number of benzene rings is 1. The largest absolute Gasteiger partial charge is 0.367 e. The lowest BCUT2D eigenvalue weighted by Gasteiger charge is -2.35. The highest BCUT2D eigenvalue weighted by Crippen LogP contribution is 2.32. The predicted molar refractivity (Wildman–Crippen MR) is 110 cm³/mol. The zero-order valence-electron chi connectivity index (χ0n) is 14.8. The van der Waals surface area contributed by atoms with Gasteiger partial charge in [0.1, 0.15) is 5.69 Å². The number of carbonyl (C=O) groups excluding carboxylic acids is 1. The standard InChI is InChI=1S/C19H21ClN4OS/c1-22-7-9-24(10-8-22)14-6-4-3-5-13(14)21-19(25)16-11-17-15(23(16)2)12-18(20)26-17/h3-6,11-12H,7-10H2,1-2H3,(H,21,25). The lowest BCUT2D eigenvalue weighted by Crippen LogP contribution is -2.44. The van der Waals surface area contributed by atoms with Crippen molar-refractivity contribution in [1.82, 2.24) is 9.47 Å². The predicted octanol–water partition coefficient (Wildman–Crippen LogP) is 3.90. The maximum absolute atomic E-state index is 12.9. The van der Waals surface area contributed by atoms with Gasteiger partial charge in [-0.3, -0.25) is 4.79 Å². The number of nitrogens with one attached hydrogen (secondary N) is 1. The molecule has 0 bridgehead atoms. The van der Waals surface area contributed by atoms with Crippen LogP contribution in [0.1, 0.15) is 10.5 Å². The Bertz CT molecular complexity index is 956. The third-order valence-corrected chi connectivity index (χ3v) is 6.13. The van der Waals surface area contributed by atoms with E-state index in [1.807, 2.05) is 41.9 Å². The molecule has 4 rings (SSSR count). The van der Waals surface area contributed by atoms with E-state index in [-0.39, 0.29) is 5.91 Å². The van der Waals surface area contributed by atoms with E-state index in [4.69, 9.17) is 11.6 Å². The number of thiophene rings is 1. The molecule has 1 fully saturated rings. The first-order valence-electron chi connectivity index (χ1n) is 8.61. The van der Waals surface area contributed by atoms with E-state index in [0.29, 0.717) is 5.69 Å². The van der Waals surface area contributed by atoms with Crippen molar-refractivity contribution in [1.29, 1.82) is 0 Å². The number of aromatic nitrogens is 1. The summed E-state index contributed by atoms with van der Waals surface area (Å²) in [5.74, 6) is -0.103. The second-order valence-electron chi connectivity index (χ2n) is 6.65. The van der Waals surface area contributed by atoms with Crippen LogP contribution in [0.25, 0.3) is 10.2 Å². The highest BCUT2D eigenvalue weighted by atomic mass is 35.5. The van der Waals surface area contributed by atoms with Crippen LogP contribution < -0.4 is 10.2 Å². The Morgan fingerprint density at radius 1 is 1.12 bits per heavy atom. The molecule has 5 nitrogen and oxygen atoms in total. The number of hydrogen-bond acceptors (Lipinski definition) is 4. The Morgan fingerprint density at radius 2 is 1.85 bits per heavy atom. The lowest BCUT2D eigenvalue weighted by atomic mass is 10.2. The fourth-order valence-electron chi connectivity index (χ4n) is 3.39. The molecule has 0 saturated carbocycles. The number of para-hydroxylation sites is 2. The van der Waals surface area contributed by atoms with Crippen molar-refractivity contribution in [3.63, 3.8) is 0 Å². The number of nitrogens with zero attached hydrogens (tertiary/aromatic N) is 3. The van der Waals surface area contributed by atoms with Crippen LogP contribution in [-0.2, 0) is 7.05 Å². The summed E-state index contributed by atoms with van der Waals surface area (Å²) in [6, 6.07) is 11.8. The van der Waals surface area contributed by atoms with Gasteiger partial charge in [0.25, 0.3) is 5.91 Å². The molecule has 0 atom stereocenters. The molecule has 3 aromatic rings. The van der Waals surface area contributed by atoms with Gasteiger partial charge in [-0.2, -0.15) is 0 Å². The van der Waals surface area contributed by atoms with Crippen molar-refractivity contribution in [3.8, 4) is 0 Å². The summed E-state index contributed by atoms with van der Waals surface area (Å²) in [4.78, 5) is 17.5. The van der Waals surface area contributed by atoms with Gasteiger partial charge >= 0.3 is 0 Å². The van der Waals surface area contributed by atoms with Crippen molar-refractivity contribution < 1.29 is 4.79 Å². The highest BCUT2D eigenvalue weighted by Gasteiger charge is 2.20. The molecule has 0 radical (unpaired) electrons. The third-order valence-electron chi connectivity index (χ3n) is 4.93. The molecule has 0 aliphatic carbocycles. The van der Waals surface area contributed by atoms with Gasteiger partial charge in [0.15, 0.2) is 0 Å². The second-order valence-corrected chi connectivity index (χ2v) is 8.37. The van der Waals surface area contributed by atoms with Crippen LogP contribution in [0.15, 0.2) is 36.4 Å². The van der Waals surface area contributed by atoms with Crippen molar-refractivity contribution >= 4 is 50.4 Å². The van der Waals surface area contributed by atoms with Crippen LogP contribution in [0, 0.1) is 0 Å². The number of carbonyl (C=O) groups is 1. The first kappa shape index (κ1) is 17.4. The summed E-state index contributed by atoms with van der Waals surface area (Å²) >= 11 is 7.56. The molecule has 3 heterocycles. The van der Waals surface area contributed by atoms with Gasteiger partial charge in [0.05, 0.1) is 25.9 Å². The van der Waals surface area contributed by atoms with E-state index in [1.54, 1.807) is 0 Å². The number of fused-ring (bicyclic) bond motifs is 1. The molecule has 1 saturated heterocycles. The SMILES string of the molecule is CN1CCN(c2ccccc2NC(=O)c2cc3sc(Cl)cc3n2C)CC1. The quantitative estimate of drug-likeness (QED) is 0.739. The lowest BCUT2D eigenvalue weighted by molar-refractivity contribution is 0.102. The summed E-state index contributed by atoms with van der Waals surface area (Å²) in [5, 5.41) is 3.10. The van der Waals surface area contributed by atoms with E-state index >= 15 is 0 Å². The Kier molecular flexibility index (Phi) is 4.65. The smallest absolute Gasteiger partial charge is 0.272 e. The number of halogens is 1. The summed E-state index contributed by atoms with van der Waals surface area (Å²) in [7, 11) is 4.03. The minimum absolute atomic E-state index is 0.103. The topological polar surface area (TPSA) is 40.5 Å². The average molecular weight is 389 g/mol. The molecule has 7 heteroatoms. The minimum atomic E-state index is -0.103. The maximum atomic E-state index is 12.9. The molecular weight excluding hydrogens is 368 g/mol. The van der Waals surface area contributed by atoms with E-state index in [1.165, 1.54) is 11.3 Å². The molecule has 26 heavy (non-hydrogen) atoms. The molecule has 0 unspecified atom stereocenters. The Labute approximate surface area is 161 Å². The molecule has 1 aromatic carbocycles. The molecule has 0 spiro atoms. The Balaban J connectivity index is 1.59. The van der Waals surface area contributed by atoms with E-state index < -0.39 is 0 Å². The number of amides is 1. The molecule has 1 aliphatic rings. The number of likely N-dealkylation sites (N-methyl/N-ethyl adjacent to an activating group) is 1. The number of aryl methyl sites for hydroxylation is 1. The van der Waals surface area contributed by atoms with Gasteiger partial charge in [0, 0.05) is 33.2 Å². The molecule has 1 aliphatic heterocycles. The normalized spacial score (nSPS) is 15.6. The average Bonchev–Trinajstić information content (AvgIpc) is 3.14. The minimum Gasteiger partial charge on any atom is -0.367 e. The van der Waals surface area contributed by atoms with E-state index in [0.717, 1.165) is 52.1 Å². The Hall–Kier alpha value is -2.02. The van der Waals surface area contributed by atoms with Gasteiger partial charge in [-0.25, -0.2) is 0 Å². The van der Waals surface area contributed by atoms with Gasteiger partial charge in [-0.15, -0.1) is 11.3 Å². The second kappa shape index (κ2) is 6.95. The highest BCUT2D eigenvalue weighted by molar-refractivity contribution is 7.22. The molecule has 1 N–H and O–H groups in total. The van der Waals surface area contributed by atoms with Crippen molar-refractivity contribution in [2.45, 2.75) is 0 Å². The number of anilines is 2. The van der Waals surface area contributed by atoms with Crippen LogP contribution in [0.2, 0.25) is 4.34 Å². The number of piperazine rings is 1. The van der Waals surface area contributed by atoms with E-state index in [9.17, 15) is 4.79 Å². The van der Waals surface area contributed by atoms with Crippen molar-refractivity contribution in [3.05, 3.63) is 46.4 Å². The summed E-state index contributed by atoms with van der Waals surface area (Å²) in [5.41, 5.74) is 3.55. The van der Waals surface area contributed by atoms with Crippen LogP contribution in [0.4, 0.5) is 11.4 Å². The zero-order valence-corrected chi connectivity index (χ0v) is 16.4. The maximum Gasteiger partial charge on any atom is 0.272 e. The summed E-state index contributed by atoms with van der Waals surface area (Å²) < 4.78 is 3.65. The van der Waals surface area contributed by atoms with Gasteiger partial charge < -0.3 is 19.7 Å². The molecule has 1 amide bonds. The van der Waals surface area contributed by atoms with E-state index in [2.05, 4.69) is 28.2 Å². The van der Waals surface area contributed by atoms with Crippen LogP contribution in [-0.4, -0.2) is 48.6 Å². The number of hydrogen-bond donors (Lipinski definition) is 1. The molecule has 136 valence electrons. The summed E-state index contributed by atoms with van der Waals surface area (Å²) in [6.07, 6.45) is 0. The zero-order chi connectivity index (χ0) is 18.3. The third kappa shape index (κ3) is 3.20. The van der Waals surface area contributed by atoms with Gasteiger partial charge in [0.2, 0.25) is 0 Å². The fraction of sp³-hybridized carbons (Fsp3) is 0.316. The van der Waals surface area contributed by atoms with Crippen LogP contribution in [0.3, 0.4) is 0 Å². The van der Waals surface area contributed by atoms with Crippen molar-refractivity contribution in [2.75, 3.05) is 43.4 Å². The first-order valence-corrected chi connectivity index (χ1v) is 9.81. The van der Waals surface area contributed by atoms with Crippen molar-refractivity contribution in [2.24, 2.45) is 7.05 Å². The van der Waals surface area contributed by atoms with Gasteiger partial charge in [-0.05, 0) is 31.3 Å². The first-order chi connectivity index (χ1) is 12.5. The van der Waals surface area contributed by atoms with Crippen LogP contribution in [0.5, 0.6) is 0 Å². The fourth-order valence-corrected chi connectivity index (χ4v) is 4.59. The van der Waals surface area contributed by atoms with Gasteiger partial charge in [-0.1, -0.05) is 23.7 Å².